The molecular formula is C30H43BN4O7. The number of benzene rings is 1. The molecule has 0 bridgehead atoms. The van der Waals surface area contributed by atoms with Crippen LogP contribution in [0.25, 0.3) is 11.3 Å². The SMILES string of the molecule is CCC(=O)OB([C@H](CC(C)C)NC(=O)[C@@H](NC(=O)c1cccc(-c2ccccc2)n1)[C@@H](C)O)N(C)[C@@H](C)CC(=O)OC. The van der Waals surface area contributed by atoms with E-state index in [1.165, 1.54) is 20.1 Å². The van der Waals surface area contributed by atoms with Gasteiger partial charge in [0.25, 0.3) is 11.9 Å². The maximum absolute atomic E-state index is 13.6. The molecule has 0 aliphatic rings. The van der Waals surface area contributed by atoms with Crippen molar-refractivity contribution in [3.8, 4) is 11.3 Å². The number of aromatic nitrogens is 1. The molecule has 1 aromatic heterocycles. The van der Waals surface area contributed by atoms with E-state index in [2.05, 4.69) is 15.6 Å². The molecule has 42 heavy (non-hydrogen) atoms. The second-order valence-electron chi connectivity index (χ2n) is 10.7. The van der Waals surface area contributed by atoms with Crippen LogP contribution in [0.15, 0.2) is 48.5 Å². The highest BCUT2D eigenvalue weighted by molar-refractivity contribution is 6.53. The molecule has 2 amide bonds. The molecule has 0 aliphatic carbocycles. The summed E-state index contributed by atoms with van der Waals surface area (Å²) in [5, 5.41) is 16.0. The van der Waals surface area contributed by atoms with Crippen molar-refractivity contribution in [2.75, 3.05) is 14.2 Å². The Bertz CT molecular complexity index is 1200. The number of rotatable bonds is 15. The number of aliphatic hydroxyl groups is 1. The van der Waals surface area contributed by atoms with Crippen LogP contribution < -0.4 is 10.6 Å². The molecule has 0 spiro atoms. The van der Waals surface area contributed by atoms with Gasteiger partial charge in [0.2, 0.25) is 5.91 Å². The summed E-state index contributed by atoms with van der Waals surface area (Å²) < 4.78 is 10.6. The van der Waals surface area contributed by atoms with Gasteiger partial charge >= 0.3 is 13.0 Å². The molecule has 11 nitrogen and oxygen atoms in total. The van der Waals surface area contributed by atoms with Gasteiger partial charge in [0.1, 0.15) is 11.7 Å². The van der Waals surface area contributed by atoms with Crippen LogP contribution >= 0.6 is 0 Å². The Morgan fingerprint density at radius 3 is 2.21 bits per heavy atom. The Labute approximate surface area is 248 Å². The Balaban J connectivity index is 2.31. The number of hydrogen-bond acceptors (Lipinski definition) is 9. The van der Waals surface area contributed by atoms with E-state index in [0.717, 1.165) is 5.56 Å². The summed E-state index contributed by atoms with van der Waals surface area (Å²) in [6.07, 6.45) is -0.696. The van der Waals surface area contributed by atoms with Crippen LogP contribution in [0.2, 0.25) is 0 Å². The zero-order valence-electron chi connectivity index (χ0n) is 25.5. The minimum Gasteiger partial charge on any atom is -0.518 e. The number of pyridine rings is 1. The Hall–Kier alpha value is -3.77. The lowest BCUT2D eigenvalue weighted by Gasteiger charge is -2.35. The van der Waals surface area contributed by atoms with Crippen molar-refractivity contribution in [1.29, 1.82) is 0 Å². The fourth-order valence-corrected chi connectivity index (χ4v) is 4.36. The maximum atomic E-state index is 13.6. The van der Waals surface area contributed by atoms with Gasteiger partial charge in [0.05, 0.1) is 31.3 Å². The lowest BCUT2D eigenvalue weighted by atomic mass is 9.66. The lowest BCUT2D eigenvalue weighted by Crippen LogP contribution is -2.62. The van der Waals surface area contributed by atoms with Crippen LogP contribution in [0.5, 0.6) is 0 Å². The van der Waals surface area contributed by atoms with Gasteiger partial charge in [0, 0.05) is 18.0 Å². The van der Waals surface area contributed by atoms with E-state index < -0.39 is 54.9 Å². The lowest BCUT2D eigenvalue weighted by molar-refractivity contribution is -0.141. The first kappa shape index (κ1) is 34.4. The average Bonchev–Trinajstić information content (AvgIpc) is 2.97. The second-order valence-corrected chi connectivity index (χ2v) is 10.7. The van der Waals surface area contributed by atoms with E-state index >= 15 is 0 Å². The highest BCUT2D eigenvalue weighted by Crippen LogP contribution is 2.18. The fraction of sp³-hybridized carbons (Fsp3) is 0.500. The summed E-state index contributed by atoms with van der Waals surface area (Å²) in [6, 6.07) is 12.6. The molecule has 0 fully saturated rings. The van der Waals surface area contributed by atoms with Gasteiger partial charge in [-0.25, -0.2) is 4.98 Å². The van der Waals surface area contributed by atoms with Crippen LogP contribution in [0.3, 0.4) is 0 Å². The zero-order chi connectivity index (χ0) is 31.4. The van der Waals surface area contributed by atoms with Gasteiger partial charge in [0.15, 0.2) is 0 Å². The normalized spacial score (nSPS) is 14.0. The smallest absolute Gasteiger partial charge is 0.474 e. The van der Waals surface area contributed by atoms with Crippen LogP contribution in [0.4, 0.5) is 0 Å². The molecule has 0 unspecified atom stereocenters. The van der Waals surface area contributed by atoms with Crippen molar-refractivity contribution in [2.24, 2.45) is 5.92 Å². The number of carbonyl (C=O) groups is 4. The second kappa shape index (κ2) is 16.6. The molecule has 12 heteroatoms. The predicted molar refractivity (Wildman–Crippen MR) is 160 cm³/mol. The number of ether oxygens (including phenoxy) is 1. The minimum absolute atomic E-state index is 0.0386. The van der Waals surface area contributed by atoms with Crippen LogP contribution in [-0.2, 0) is 23.8 Å². The number of methoxy groups -OCH3 is 1. The molecule has 228 valence electrons. The zero-order valence-corrected chi connectivity index (χ0v) is 25.5. The number of carbonyl (C=O) groups excluding carboxylic acids is 4. The number of amides is 2. The molecule has 0 saturated carbocycles. The van der Waals surface area contributed by atoms with Crippen molar-refractivity contribution in [3.63, 3.8) is 0 Å². The van der Waals surface area contributed by atoms with Gasteiger partial charge in [-0.05, 0) is 45.4 Å². The summed E-state index contributed by atoms with van der Waals surface area (Å²) in [5.41, 5.74) is 1.49. The predicted octanol–water partition coefficient (Wildman–Crippen LogP) is 2.62. The van der Waals surface area contributed by atoms with Crippen LogP contribution in [0.1, 0.15) is 64.4 Å². The minimum atomic E-state index is -1.32. The quantitative estimate of drug-likeness (QED) is 0.213. The number of nitrogens with one attached hydrogen (secondary N) is 2. The van der Waals surface area contributed by atoms with Crippen molar-refractivity contribution in [2.45, 2.75) is 78.0 Å². The maximum Gasteiger partial charge on any atom is 0.474 e. The number of hydrogen-bond donors (Lipinski definition) is 3. The van der Waals surface area contributed by atoms with Crippen molar-refractivity contribution in [1.82, 2.24) is 20.4 Å². The first-order valence-corrected chi connectivity index (χ1v) is 14.2. The summed E-state index contributed by atoms with van der Waals surface area (Å²) in [4.78, 5) is 57.2. The molecule has 2 aromatic rings. The molecule has 0 aliphatic heterocycles. The third-order valence-electron chi connectivity index (χ3n) is 6.83. The van der Waals surface area contributed by atoms with Crippen LogP contribution in [-0.4, -0.2) is 84.0 Å². The average molecular weight is 583 g/mol. The molecule has 0 radical (unpaired) electrons. The number of aliphatic hydroxyl groups excluding tert-OH is 1. The molecule has 0 saturated heterocycles. The number of esters is 1. The van der Waals surface area contributed by atoms with Crippen molar-refractivity contribution in [3.05, 3.63) is 54.2 Å². The van der Waals surface area contributed by atoms with E-state index in [9.17, 15) is 24.3 Å². The van der Waals surface area contributed by atoms with Crippen molar-refractivity contribution < 1.29 is 33.7 Å². The summed E-state index contributed by atoms with van der Waals surface area (Å²) >= 11 is 0. The number of nitrogens with zero attached hydrogens (tertiary/aromatic N) is 2. The van der Waals surface area contributed by atoms with Gasteiger partial charge in [-0.15, -0.1) is 0 Å². The van der Waals surface area contributed by atoms with Gasteiger partial charge in [-0.3, -0.25) is 19.2 Å². The monoisotopic (exact) mass is 582 g/mol. The molecule has 2 rings (SSSR count). The largest absolute Gasteiger partial charge is 0.518 e. The van der Waals surface area contributed by atoms with Gasteiger partial charge < -0.3 is 29.9 Å². The van der Waals surface area contributed by atoms with E-state index in [0.29, 0.717) is 12.1 Å². The third-order valence-corrected chi connectivity index (χ3v) is 6.83. The van der Waals surface area contributed by atoms with E-state index in [1.807, 2.05) is 44.2 Å². The van der Waals surface area contributed by atoms with Gasteiger partial charge in [-0.2, -0.15) is 0 Å². The third kappa shape index (κ3) is 10.3. The van der Waals surface area contributed by atoms with E-state index in [-0.39, 0.29) is 24.5 Å². The Kier molecular flexibility index (Phi) is 13.6. The van der Waals surface area contributed by atoms with Gasteiger partial charge in [-0.1, -0.05) is 57.2 Å². The van der Waals surface area contributed by atoms with E-state index in [1.54, 1.807) is 37.8 Å². The molecule has 1 aromatic carbocycles. The van der Waals surface area contributed by atoms with E-state index in [4.69, 9.17) is 9.39 Å². The summed E-state index contributed by atoms with van der Waals surface area (Å²) in [7, 11) is 2.06. The topological polar surface area (TPSA) is 147 Å². The Morgan fingerprint density at radius 1 is 0.976 bits per heavy atom. The molecular weight excluding hydrogens is 539 g/mol. The summed E-state index contributed by atoms with van der Waals surface area (Å²) in [5.74, 6) is -2.85. The highest BCUT2D eigenvalue weighted by Gasteiger charge is 2.41. The van der Waals surface area contributed by atoms with Crippen molar-refractivity contribution >= 4 is 30.8 Å². The Morgan fingerprint density at radius 2 is 1.64 bits per heavy atom. The highest BCUT2D eigenvalue weighted by atomic mass is 16.5. The molecule has 1 heterocycles. The molecule has 3 N–H and O–H groups in total. The first-order chi connectivity index (χ1) is 19.9. The first-order valence-electron chi connectivity index (χ1n) is 14.2. The summed E-state index contributed by atoms with van der Waals surface area (Å²) in [6.45, 7) is 8.75. The van der Waals surface area contributed by atoms with Crippen LogP contribution in [0, 0.1) is 5.92 Å². The molecule has 4 atom stereocenters. The fourth-order valence-electron chi connectivity index (χ4n) is 4.36. The standard InChI is InChI=1S/C30H43BN4O7/c1-8-26(37)42-31(35(6)20(4)18-27(38)41-7)25(17-19(2)3)33-30(40)28(21(5)36)34-29(39)24-16-12-15-23(32-24)22-13-10-9-11-14-22/h9-16,19-21,25,28,36H,8,17-18H2,1-7H3,(H,33,40)(H,34,39)/t20-,21+,25-,28-/m0/s1.